The lowest BCUT2D eigenvalue weighted by atomic mass is 9.78. The highest BCUT2D eigenvalue weighted by molar-refractivity contribution is 5.92. The van der Waals surface area contributed by atoms with Crippen LogP contribution < -0.4 is 5.32 Å². The average Bonchev–Trinajstić information content (AvgIpc) is 2.96. The Morgan fingerprint density at radius 3 is 2.48 bits per heavy atom. The van der Waals surface area contributed by atoms with Gasteiger partial charge in [0.2, 0.25) is 11.9 Å². The first-order chi connectivity index (χ1) is 13.7. The van der Waals surface area contributed by atoms with Crippen LogP contribution in [0.25, 0.3) is 11.2 Å². The van der Waals surface area contributed by atoms with Crippen molar-refractivity contribution < 1.29 is 9.90 Å². The highest BCUT2D eigenvalue weighted by atomic mass is 16.3. The molecule has 1 aliphatic rings. The van der Waals surface area contributed by atoms with Crippen molar-refractivity contribution in [2.75, 3.05) is 5.32 Å². The van der Waals surface area contributed by atoms with Crippen molar-refractivity contribution >= 4 is 23.0 Å². The van der Waals surface area contributed by atoms with Crippen LogP contribution in [0.1, 0.15) is 56.4 Å². The van der Waals surface area contributed by atoms with Gasteiger partial charge in [-0.1, -0.05) is 29.8 Å². The van der Waals surface area contributed by atoms with Gasteiger partial charge in [-0.3, -0.25) is 14.7 Å². The Morgan fingerprint density at radius 1 is 1.17 bits per heavy atom. The Morgan fingerprint density at radius 2 is 1.86 bits per heavy atom. The number of fused-ring (bicyclic) bond motifs is 1. The molecule has 2 N–H and O–H groups in total. The summed E-state index contributed by atoms with van der Waals surface area (Å²) in [5.74, 6) is 0.233. The second-order valence-electron chi connectivity index (χ2n) is 8.78. The summed E-state index contributed by atoms with van der Waals surface area (Å²) in [7, 11) is 0. The standard InChI is InChI=1S/C23H28N4O2/c1-15-6-9-17(10-7-15)23(4,29)14-19(28)26-21-25-18-11-8-16(2)24-20(18)27(21)22(3)12-5-13-22/h6-11,29H,5,12-14H2,1-4H3,(H,25,26,28)/t23-/m0/s1. The number of aliphatic hydroxyl groups is 1. The van der Waals surface area contributed by atoms with E-state index >= 15 is 0 Å². The summed E-state index contributed by atoms with van der Waals surface area (Å²) in [6.45, 7) is 7.79. The summed E-state index contributed by atoms with van der Waals surface area (Å²) in [6, 6.07) is 11.5. The largest absolute Gasteiger partial charge is 0.385 e. The minimum atomic E-state index is -1.26. The van der Waals surface area contributed by atoms with E-state index in [1.54, 1.807) is 6.92 Å². The Kier molecular flexibility index (Phi) is 4.69. The lowest BCUT2D eigenvalue weighted by molar-refractivity contribution is -0.120. The number of rotatable bonds is 5. The van der Waals surface area contributed by atoms with Crippen LogP contribution in [0.15, 0.2) is 36.4 Å². The van der Waals surface area contributed by atoms with E-state index in [9.17, 15) is 9.90 Å². The van der Waals surface area contributed by atoms with Crippen LogP contribution >= 0.6 is 0 Å². The maximum absolute atomic E-state index is 12.9. The average molecular weight is 393 g/mol. The van der Waals surface area contributed by atoms with Gasteiger partial charge in [0.1, 0.15) is 5.52 Å². The first-order valence-corrected chi connectivity index (χ1v) is 10.1. The van der Waals surface area contributed by atoms with Crippen LogP contribution in [-0.4, -0.2) is 25.5 Å². The maximum atomic E-state index is 12.9. The molecule has 6 nitrogen and oxygen atoms in total. The summed E-state index contributed by atoms with van der Waals surface area (Å²) in [5, 5.41) is 13.8. The van der Waals surface area contributed by atoms with Crippen molar-refractivity contribution in [2.24, 2.45) is 0 Å². The van der Waals surface area contributed by atoms with Gasteiger partial charge in [-0.15, -0.1) is 0 Å². The Labute approximate surface area is 171 Å². The number of hydrogen-bond acceptors (Lipinski definition) is 4. The third-order valence-corrected chi connectivity index (χ3v) is 6.04. The minimum Gasteiger partial charge on any atom is -0.385 e. The number of nitrogens with zero attached hydrogens (tertiary/aromatic N) is 3. The molecule has 1 saturated carbocycles. The molecule has 1 fully saturated rings. The summed E-state index contributed by atoms with van der Waals surface area (Å²) in [4.78, 5) is 22.2. The Bertz CT molecular complexity index is 1060. The molecule has 0 unspecified atom stereocenters. The molecule has 2 heterocycles. The van der Waals surface area contributed by atoms with Gasteiger partial charge in [-0.25, -0.2) is 9.97 Å². The van der Waals surface area contributed by atoms with Crippen molar-refractivity contribution in [3.63, 3.8) is 0 Å². The van der Waals surface area contributed by atoms with Gasteiger partial charge in [0, 0.05) is 11.2 Å². The molecule has 6 heteroatoms. The number of anilines is 1. The minimum absolute atomic E-state index is 0.0531. The second kappa shape index (κ2) is 6.95. The van der Waals surface area contributed by atoms with E-state index in [2.05, 4.69) is 26.8 Å². The molecule has 2 aromatic heterocycles. The number of aromatic nitrogens is 3. The zero-order valence-corrected chi connectivity index (χ0v) is 17.5. The summed E-state index contributed by atoms with van der Waals surface area (Å²) >= 11 is 0. The highest BCUT2D eigenvalue weighted by Gasteiger charge is 2.38. The van der Waals surface area contributed by atoms with E-state index in [1.807, 2.05) is 50.2 Å². The van der Waals surface area contributed by atoms with Crippen molar-refractivity contribution in [2.45, 2.75) is 64.5 Å². The predicted molar refractivity (Wildman–Crippen MR) is 114 cm³/mol. The van der Waals surface area contributed by atoms with E-state index in [4.69, 9.17) is 0 Å². The molecule has 152 valence electrons. The number of imidazole rings is 1. The van der Waals surface area contributed by atoms with Crippen molar-refractivity contribution in [3.8, 4) is 0 Å². The molecule has 1 aliphatic carbocycles. The van der Waals surface area contributed by atoms with Gasteiger partial charge in [-0.2, -0.15) is 0 Å². The van der Waals surface area contributed by atoms with Crippen LogP contribution in [0.5, 0.6) is 0 Å². The van der Waals surface area contributed by atoms with E-state index in [1.165, 1.54) is 0 Å². The zero-order chi connectivity index (χ0) is 20.8. The zero-order valence-electron chi connectivity index (χ0n) is 17.5. The van der Waals surface area contributed by atoms with Gasteiger partial charge in [0.15, 0.2) is 5.65 Å². The third kappa shape index (κ3) is 3.65. The van der Waals surface area contributed by atoms with Crippen LogP contribution in [0, 0.1) is 13.8 Å². The van der Waals surface area contributed by atoms with Crippen LogP contribution in [0.2, 0.25) is 0 Å². The Balaban J connectivity index is 1.63. The molecular weight excluding hydrogens is 364 g/mol. The van der Waals surface area contributed by atoms with Gasteiger partial charge in [0.05, 0.1) is 12.0 Å². The second-order valence-corrected chi connectivity index (χ2v) is 8.78. The van der Waals surface area contributed by atoms with Gasteiger partial charge in [0.25, 0.3) is 0 Å². The molecule has 0 radical (unpaired) electrons. The number of nitrogens with one attached hydrogen (secondary N) is 1. The molecular formula is C23H28N4O2. The molecule has 4 rings (SSSR count). The molecule has 1 amide bonds. The number of hydrogen-bond donors (Lipinski definition) is 2. The fourth-order valence-electron chi connectivity index (χ4n) is 4.06. The van der Waals surface area contributed by atoms with E-state index < -0.39 is 5.60 Å². The van der Waals surface area contributed by atoms with E-state index in [-0.39, 0.29) is 17.9 Å². The quantitative estimate of drug-likeness (QED) is 0.682. The van der Waals surface area contributed by atoms with E-state index in [0.717, 1.165) is 47.2 Å². The van der Waals surface area contributed by atoms with Crippen LogP contribution in [-0.2, 0) is 15.9 Å². The summed E-state index contributed by atoms with van der Waals surface area (Å²) in [6.07, 6.45) is 3.15. The molecule has 1 aromatic carbocycles. The monoisotopic (exact) mass is 392 g/mol. The molecule has 0 spiro atoms. The highest BCUT2D eigenvalue weighted by Crippen LogP contribution is 2.42. The maximum Gasteiger partial charge on any atom is 0.229 e. The SMILES string of the molecule is Cc1ccc([C@@](C)(O)CC(=O)Nc2nc3ccc(C)nc3n2C2(C)CCC2)cc1. The first-order valence-electron chi connectivity index (χ1n) is 10.1. The van der Waals surface area contributed by atoms with Gasteiger partial charge < -0.3 is 5.11 Å². The predicted octanol–water partition coefficient (Wildman–Crippen LogP) is 4.18. The third-order valence-electron chi connectivity index (χ3n) is 6.04. The number of aryl methyl sites for hydroxylation is 2. The number of pyridine rings is 1. The van der Waals surface area contributed by atoms with Gasteiger partial charge in [-0.05, 0) is 64.7 Å². The van der Waals surface area contributed by atoms with Crippen molar-refractivity contribution in [1.29, 1.82) is 0 Å². The molecule has 1 atom stereocenters. The molecule has 0 saturated heterocycles. The fourth-order valence-corrected chi connectivity index (χ4v) is 4.06. The van der Waals surface area contributed by atoms with Crippen LogP contribution in [0.3, 0.4) is 0 Å². The lowest BCUT2D eigenvalue weighted by Crippen LogP contribution is -2.39. The summed E-state index contributed by atoms with van der Waals surface area (Å²) in [5.41, 5.74) is 2.95. The van der Waals surface area contributed by atoms with E-state index in [0.29, 0.717) is 5.95 Å². The van der Waals surface area contributed by atoms with Crippen molar-refractivity contribution in [1.82, 2.24) is 14.5 Å². The van der Waals surface area contributed by atoms with Crippen molar-refractivity contribution in [3.05, 3.63) is 53.2 Å². The topological polar surface area (TPSA) is 80.0 Å². The summed E-state index contributed by atoms with van der Waals surface area (Å²) < 4.78 is 2.07. The molecule has 3 aromatic rings. The number of amides is 1. The van der Waals surface area contributed by atoms with Crippen LogP contribution in [0.4, 0.5) is 5.95 Å². The Hall–Kier alpha value is -2.73. The smallest absolute Gasteiger partial charge is 0.229 e. The van der Waals surface area contributed by atoms with Gasteiger partial charge >= 0.3 is 0 Å². The first kappa shape index (κ1) is 19.6. The number of carbonyl (C=O) groups is 1. The normalized spacial score (nSPS) is 17.6. The number of benzene rings is 1. The molecule has 0 bridgehead atoms. The molecule has 0 aliphatic heterocycles. The number of carbonyl (C=O) groups excluding carboxylic acids is 1. The molecule has 29 heavy (non-hydrogen) atoms. The fraction of sp³-hybridized carbons (Fsp3) is 0.435. The lowest BCUT2D eigenvalue weighted by Gasteiger charge is -2.40.